The Kier molecular flexibility index (Phi) is 11.4. The molecule has 2 rings (SSSR count). The highest BCUT2D eigenvalue weighted by Gasteiger charge is 2.12. The molecule has 0 aliphatic carbocycles. The number of nitrogens with zero attached hydrogens (tertiary/aromatic N) is 1. The van der Waals surface area contributed by atoms with E-state index in [0.29, 0.717) is 22.9 Å². The van der Waals surface area contributed by atoms with Crippen LogP contribution in [0.25, 0.3) is 0 Å². The molecule has 2 N–H and O–H groups in total. The molecule has 0 atom stereocenters. The maximum absolute atomic E-state index is 12.2. The summed E-state index contributed by atoms with van der Waals surface area (Å²) in [7, 11) is 2.23. The van der Waals surface area contributed by atoms with Crippen molar-refractivity contribution in [2.24, 2.45) is 4.36 Å². The van der Waals surface area contributed by atoms with Crippen LogP contribution in [0.1, 0.15) is 15.9 Å². The van der Waals surface area contributed by atoms with Crippen LogP contribution in [0.3, 0.4) is 0 Å². The molecule has 1 amide bonds. The monoisotopic (exact) mass is 471 g/mol. The summed E-state index contributed by atoms with van der Waals surface area (Å²) in [5, 5.41) is 5.71. The van der Waals surface area contributed by atoms with Crippen molar-refractivity contribution in [3.05, 3.63) is 58.6 Å². The lowest BCUT2D eigenvalue weighted by Crippen LogP contribution is -2.26. The number of amides is 1. The molecule has 0 fully saturated rings. The van der Waals surface area contributed by atoms with Gasteiger partial charge in [0.15, 0.2) is 0 Å². The predicted octanol–water partition coefficient (Wildman–Crippen LogP) is 2.88. The first-order valence-corrected chi connectivity index (χ1v) is 10.4. The summed E-state index contributed by atoms with van der Waals surface area (Å²) in [4.78, 5) is 12.2. The van der Waals surface area contributed by atoms with Crippen LogP contribution in [0.5, 0.6) is 11.5 Å². The lowest BCUT2D eigenvalue weighted by atomic mass is 10.1. The minimum Gasteiger partial charge on any atom is -0.497 e. The second-order valence-corrected chi connectivity index (χ2v) is 7.00. The molecular formula is C19H22ClN3O5S2. The molecule has 30 heavy (non-hydrogen) atoms. The van der Waals surface area contributed by atoms with Crippen LogP contribution in [-0.4, -0.2) is 47.2 Å². The van der Waals surface area contributed by atoms with Crippen molar-refractivity contribution in [1.82, 2.24) is 10.6 Å². The van der Waals surface area contributed by atoms with E-state index in [9.17, 15) is 13.2 Å². The molecule has 0 radical (unpaired) electrons. The number of rotatable bonds is 6. The number of thiocarbonyl (C=S) groups is 1. The highest BCUT2D eigenvalue weighted by molar-refractivity contribution is 7.81. The molecule has 0 heterocycles. The third-order valence-electron chi connectivity index (χ3n) is 3.64. The third-order valence-corrected chi connectivity index (χ3v) is 4.61. The fraction of sp³-hybridized carbons (Fsp3) is 0.263. The van der Waals surface area contributed by atoms with Crippen molar-refractivity contribution >= 4 is 45.3 Å². The molecule has 0 saturated heterocycles. The first kappa shape index (κ1) is 25.3. The van der Waals surface area contributed by atoms with E-state index in [0.717, 1.165) is 17.7 Å². The molecule has 0 bridgehead atoms. The van der Waals surface area contributed by atoms with Crippen LogP contribution in [-0.2, 0) is 16.9 Å². The summed E-state index contributed by atoms with van der Waals surface area (Å²) in [5.41, 5.74) is 1.56. The van der Waals surface area contributed by atoms with Crippen molar-refractivity contribution < 1.29 is 22.7 Å². The standard InChI is InChI=1S/C17H18ClNO3.C2H4N2O2S2/c1-21-14-6-3-12(4-7-14)9-10-19-17(20)15-11-13(18)5-8-16(15)22-2;1-3-2(7)4-8(5)6/h3-8,11H,9-10H2,1-2H3,(H,19,20);1H3,(H,3,7). The number of benzene rings is 2. The van der Waals surface area contributed by atoms with Crippen molar-refractivity contribution in [1.29, 1.82) is 0 Å². The van der Waals surface area contributed by atoms with Crippen LogP contribution in [0, 0.1) is 0 Å². The van der Waals surface area contributed by atoms with Gasteiger partial charge in [-0.1, -0.05) is 23.7 Å². The number of hydrogen-bond donors (Lipinski definition) is 2. The van der Waals surface area contributed by atoms with E-state index in [4.69, 9.17) is 21.1 Å². The Labute approximate surface area is 187 Å². The number of carbonyl (C=O) groups is 1. The first-order chi connectivity index (χ1) is 14.3. The van der Waals surface area contributed by atoms with E-state index >= 15 is 0 Å². The van der Waals surface area contributed by atoms with Gasteiger partial charge in [0.25, 0.3) is 5.91 Å². The smallest absolute Gasteiger partial charge is 0.318 e. The summed E-state index contributed by atoms with van der Waals surface area (Å²) >= 11 is 10.3. The van der Waals surface area contributed by atoms with Gasteiger partial charge < -0.3 is 20.1 Å². The van der Waals surface area contributed by atoms with Gasteiger partial charge in [-0.25, -0.2) is 0 Å². The Morgan fingerprint density at radius 1 is 1.13 bits per heavy atom. The number of ether oxygens (including phenoxy) is 2. The van der Waals surface area contributed by atoms with Gasteiger partial charge in [-0.15, -0.1) is 4.36 Å². The molecule has 0 unspecified atom stereocenters. The zero-order valence-electron chi connectivity index (χ0n) is 16.6. The molecule has 11 heteroatoms. The molecule has 2 aromatic carbocycles. The van der Waals surface area contributed by atoms with Crippen LogP contribution < -0.4 is 20.1 Å². The molecule has 0 aliphatic heterocycles. The third kappa shape index (κ3) is 9.21. The van der Waals surface area contributed by atoms with Crippen LogP contribution in [0.15, 0.2) is 46.8 Å². The quantitative estimate of drug-likeness (QED) is 0.624. The highest BCUT2D eigenvalue weighted by atomic mass is 35.5. The largest absolute Gasteiger partial charge is 0.497 e. The van der Waals surface area contributed by atoms with Crippen molar-refractivity contribution in [2.45, 2.75) is 6.42 Å². The number of hydrogen-bond acceptors (Lipinski definition) is 6. The Bertz CT molecular complexity index is 988. The van der Waals surface area contributed by atoms with E-state index < -0.39 is 10.5 Å². The topological polar surface area (TPSA) is 106 Å². The molecular weight excluding hydrogens is 450 g/mol. The Hall–Kier alpha value is -2.69. The van der Waals surface area contributed by atoms with Gasteiger partial charge in [-0.2, -0.15) is 8.42 Å². The lowest BCUT2D eigenvalue weighted by Gasteiger charge is -2.10. The molecule has 162 valence electrons. The van der Waals surface area contributed by atoms with E-state index in [-0.39, 0.29) is 11.0 Å². The molecule has 8 nitrogen and oxygen atoms in total. The SMILES string of the molecule is CNC(=S)N=S(=O)=O.COc1ccc(CCNC(=O)c2cc(Cl)ccc2OC)cc1. The minimum atomic E-state index is -2.42. The van der Waals surface area contributed by atoms with E-state index in [1.807, 2.05) is 24.3 Å². The van der Waals surface area contributed by atoms with Crippen molar-refractivity contribution in [2.75, 3.05) is 27.8 Å². The second kappa shape index (κ2) is 13.5. The first-order valence-electron chi connectivity index (χ1n) is 8.58. The van der Waals surface area contributed by atoms with Gasteiger partial charge in [0, 0.05) is 18.6 Å². The number of nitrogens with one attached hydrogen (secondary N) is 2. The highest BCUT2D eigenvalue weighted by Crippen LogP contribution is 2.22. The van der Waals surface area contributed by atoms with E-state index in [1.54, 1.807) is 25.3 Å². The fourth-order valence-electron chi connectivity index (χ4n) is 2.18. The minimum absolute atomic E-state index is 0.0293. The summed E-state index contributed by atoms with van der Waals surface area (Å²) in [6.45, 7) is 0.529. The predicted molar refractivity (Wildman–Crippen MR) is 120 cm³/mol. The zero-order chi connectivity index (χ0) is 22.5. The number of methoxy groups -OCH3 is 2. The molecule has 2 aromatic rings. The van der Waals surface area contributed by atoms with Gasteiger partial charge in [-0.05, 0) is 54.5 Å². The van der Waals surface area contributed by atoms with Gasteiger partial charge in [0.1, 0.15) is 11.5 Å². The summed E-state index contributed by atoms with van der Waals surface area (Å²) in [5.74, 6) is 1.12. The summed E-state index contributed by atoms with van der Waals surface area (Å²) in [6.07, 6.45) is 0.735. The normalized spacial score (nSPS) is 9.47. The maximum Gasteiger partial charge on any atom is 0.318 e. The summed E-state index contributed by atoms with van der Waals surface area (Å²) in [6, 6.07) is 12.7. The van der Waals surface area contributed by atoms with Gasteiger partial charge in [0.2, 0.25) is 5.11 Å². The lowest BCUT2D eigenvalue weighted by molar-refractivity contribution is 0.0951. The number of halogens is 1. The maximum atomic E-state index is 12.2. The molecule has 0 aliphatic rings. The average Bonchev–Trinajstić information content (AvgIpc) is 2.74. The molecule has 0 saturated carbocycles. The Morgan fingerprint density at radius 3 is 2.30 bits per heavy atom. The van der Waals surface area contributed by atoms with Gasteiger partial charge >= 0.3 is 10.5 Å². The van der Waals surface area contributed by atoms with Crippen LogP contribution in [0.4, 0.5) is 0 Å². The summed E-state index contributed by atoms with van der Waals surface area (Å²) < 4.78 is 32.6. The van der Waals surface area contributed by atoms with Crippen LogP contribution >= 0.6 is 23.8 Å². The van der Waals surface area contributed by atoms with Crippen LogP contribution in [0.2, 0.25) is 5.02 Å². The molecule has 0 spiro atoms. The number of carbonyl (C=O) groups excluding carboxylic acids is 1. The van der Waals surface area contributed by atoms with Gasteiger partial charge in [-0.3, -0.25) is 4.79 Å². The van der Waals surface area contributed by atoms with Gasteiger partial charge in [0.05, 0.1) is 19.8 Å². The Balaban J connectivity index is 0.000000479. The fourth-order valence-corrected chi connectivity index (χ4v) is 2.76. The van der Waals surface area contributed by atoms with E-state index in [1.165, 1.54) is 14.2 Å². The molecule has 0 aromatic heterocycles. The zero-order valence-corrected chi connectivity index (χ0v) is 19.0. The van der Waals surface area contributed by atoms with Crippen molar-refractivity contribution in [3.63, 3.8) is 0 Å². The second-order valence-electron chi connectivity index (χ2n) is 5.56. The van der Waals surface area contributed by atoms with Crippen molar-refractivity contribution in [3.8, 4) is 11.5 Å². The average molecular weight is 472 g/mol. The Morgan fingerprint density at radius 2 is 1.80 bits per heavy atom. The van der Waals surface area contributed by atoms with E-state index in [2.05, 4.69) is 27.2 Å².